The van der Waals surface area contributed by atoms with Gasteiger partial charge < -0.3 is 15.2 Å². The van der Waals surface area contributed by atoms with Crippen LogP contribution >= 0.6 is 0 Å². The summed E-state index contributed by atoms with van der Waals surface area (Å²) in [6.45, 7) is 7.53. The van der Waals surface area contributed by atoms with Crippen LogP contribution in [-0.4, -0.2) is 48.5 Å². The number of aryl methyl sites for hydroxylation is 1. The molecular weight excluding hydrogens is 348 g/mol. The summed E-state index contributed by atoms with van der Waals surface area (Å²) < 4.78 is 14.1. The predicted octanol–water partition coefficient (Wildman–Crippen LogP) is 2.04. The van der Waals surface area contributed by atoms with E-state index in [1.54, 1.807) is 0 Å². The van der Waals surface area contributed by atoms with Crippen molar-refractivity contribution in [2.45, 2.75) is 77.1 Å². The first-order valence-corrected chi connectivity index (χ1v) is 11.2. The highest BCUT2D eigenvalue weighted by Crippen LogP contribution is 2.23. The zero-order valence-corrected chi connectivity index (χ0v) is 17.4. The average Bonchev–Trinajstić information content (AvgIpc) is 2.97. The van der Waals surface area contributed by atoms with E-state index in [1.165, 1.54) is 0 Å². The Labute approximate surface area is 159 Å². The molecule has 8 heteroatoms. The molecule has 1 aromatic rings. The van der Waals surface area contributed by atoms with Crippen LogP contribution in [0.3, 0.4) is 0 Å². The van der Waals surface area contributed by atoms with Crippen LogP contribution in [0, 0.1) is 6.92 Å². The number of nitrogens with zero attached hydrogens (tertiary/aromatic N) is 4. The molecule has 1 saturated carbocycles. The Balaban J connectivity index is 2.00. The van der Waals surface area contributed by atoms with Crippen LogP contribution in [0.2, 0.25) is 0 Å². The first-order valence-electron chi connectivity index (χ1n) is 9.82. The van der Waals surface area contributed by atoms with Gasteiger partial charge in [-0.05, 0) is 32.6 Å². The third kappa shape index (κ3) is 6.07. The van der Waals surface area contributed by atoms with Crippen molar-refractivity contribution in [2.75, 3.05) is 12.3 Å². The highest BCUT2D eigenvalue weighted by atomic mass is 32.2. The minimum absolute atomic E-state index is 0.310. The number of aliphatic imine (C=N–C) groups is 1. The number of hydrogen-bond donors (Lipinski definition) is 2. The van der Waals surface area contributed by atoms with E-state index in [9.17, 15) is 4.21 Å². The molecule has 0 aliphatic heterocycles. The summed E-state index contributed by atoms with van der Waals surface area (Å²) in [7, 11) is 1.25. The first-order chi connectivity index (χ1) is 12.5. The van der Waals surface area contributed by atoms with Crippen LogP contribution in [-0.2, 0) is 24.4 Å². The third-order valence-electron chi connectivity index (χ3n) is 5.01. The third-order valence-corrected chi connectivity index (χ3v) is 6.75. The Hall–Kier alpha value is -1.44. The van der Waals surface area contributed by atoms with Crippen molar-refractivity contribution in [1.82, 2.24) is 25.4 Å². The van der Waals surface area contributed by atoms with Gasteiger partial charge in [0.15, 0.2) is 11.8 Å². The first kappa shape index (κ1) is 20.9. The van der Waals surface area contributed by atoms with Gasteiger partial charge in [0.05, 0.1) is 0 Å². The van der Waals surface area contributed by atoms with Crippen molar-refractivity contribution in [3.05, 3.63) is 11.6 Å². The molecule has 1 fully saturated rings. The lowest BCUT2D eigenvalue weighted by Crippen LogP contribution is -2.47. The molecule has 3 atom stereocenters. The molecule has 7 nitrogen and oxygen atoms in total. The molecule has 0 spiro atoms. The fourth-order valence-corrected chi connectivity index (χ4v) is 4.57. The van der Waals surface area contributed by atoms with E-state index < -0.39 is 10.8 Å². The van der Waals surface area contributed by atoms with E-state index in [0.29, 0.717) is 17.8 Å². The highest BCUT2D eigenvalue weighted by molar-refractivity contribution is 7.85. The van der Waals surface area contributed by atoms with Gasteiger partial charge in [-0.1, -0.05) is 26.7 Å². The summed E-state index contributed by atoms with van der Waals surface area (Å²) in [5.74, 6) is 3.32. The molecule has 2 rings (SSSR count). The molecular formula is C18H34N6OS. The van der Waals surface area contributed by atoms with Crippen LogP contribution < -0.4 is 10.6 Å². The van der Waals surface area contributed by atoms with Crippen molar-refractivity contribution < 1.29 is 4.21 Å². The largest absolute Gasteiger partial charge is 0.356 e. The maximum Gasteiger partial charge on any atom is 0.191 e. The number of unbranched alkanes of at least 4 members (excludes halogenated alkanes) is 1. The highest BCUT2D eigenvalue weighted by Gasteiger charge is 2.26. The Morgan fingerprint density at radius 3 is 2.81 bits per heavy atom. The Kier molecular flexibility index (Phi) is 8.54. The molecule has 1 aliphatic rings. The van der Waals surface area contributed by atoms with Crippen LogP contribution in [0.5, 0.6) is 0 Å². The quantitative estimate of drug-likeness (QED) is 0.408. The van der Waals surface area contributed by atoms with E-state index in [4.69, 9.17) is 4.99 Å². The van der Waals surface area contributed by atoms with Crippen LogP contribution in [0.4, 0.5) is 0 Å². The molecule has 1 heterocycles. The summed E-state index contributed by atoms with van der Waals surface area (Å²) >= 11 is 0. The summed E-state index contributed by atoms with van der Waals surface area (Å²) in [4.78, 5) is 4.72. The van der Waals surface area contributed by atoms with E-state index in [2.05, 4.69) is 27.8 Å². The van der Waals surface area contributed by atoms with Crippen molar-refractivity contribution in [1.29, 1.82) is 0 Å². The van der Waals surface area contributed by atoms with Crippen molar-refractivity contribution in [3.63, 3.8) is 0 Å². The van der Waals surface area contributed by atoms with Gasteiger partial charge in [0.25, 0.3) is 0 Å². The average molecular weight is 383 g/mol. The fraction of sp³-hybridized carbons (Fsp3) is 0.833. The zero-order chi connectivity index (χ0) is 18.9. The zero-order valence-electron chi connectivity index (χ0n) is 16.6. The molecule has 0 aromatic carbocycles. The molecule has 3 unspecified atom stereocenters. The Bertz CT molecular complexity index is 615. The van der Waals surface area contributed by atoms with Crippen molar-refractivity contribution >= 4 is 16.8 Å². The number of guanidine groups is 1. The maximum absolute atomic E-state index is 12.2. The molecule has 2 N–H and O–H groups in total. The van der Waals surface area contributed by atoms with E-state index >= 15 is 0 Å². The fourth-order valence-electron chi connectivity index (χ4n) is 3.22. The van der Waals surface area contributed by atoms with E-state index in [1.807, 2.05) is 25.5 Å². The second-order valence-corrected chi connectivity index (χ2v) is 8.97. The summed E-state index contributed by atoms with van der Waals surface area (Å²) in [6.07, 6.45) is 6.51. The van der Waals surface area contributed by atoms with Gasteiger partial charge in [0.1, 0.15) is 12.4 Å². The molecule has 0 radical (unpaired) electrons. The molecule has 148 valence electrons. The van der Waals surface area contributed by atoms with E-state index in [0.717, 1.165) is 68.4 Å². The Morgan fingerprint density at radius 1 is 1.35 bits per heavy atom. The van der Waals surface area contributed by atoms with Crippen molar-refractivity contribution in [3.8, 4) is 0 Å². The van der Waals surface area contributed by atoms with Crippen LogP contribution in [0.15, 0.2) is 4.99 Å². The van der Waals surface area contributed by atoms with Gasteiger partial charge in [0, 0.05) is 41.4 Å². The number of rotatable bonds is 8. The molecule has 26 heavy (non-hydrogen) atoms. The number of aromatic nitrogens is 3. The van der Waals surface area contributed by atoms with Crippen LogP contribution in [0.1, 0.15) is 64.0 Å². The van der Waals surface area contributed by atoms with E-state index in [-0.39, 0.29) is 0 Å². The minimum Gasteiger partial charge on any atom is -0.356 e. The van der Waals surface area contributed by atoms with Gasteiger partial charge in [-0.25, -0.2) is 4.99 Å². The lowest BCUT2D eigenvalue weighted by molar-refractivity contribution is 0.413. The molecule has 0 saturated heterocycles. The number of nitrogens with one attached hydrogen (secondary N) is 2. The van der Waals surface area contributed by atoms with Crippen molar-refractivity contribution in [2.24, 2.45) is 12.0 Å². The smallest absolute Gasteiger partial charge is 0.191 e. The minimum atomic E-state index is -0.711. The second-order valence-electron chi connectivity index (χ2n) is 6.97. The standard InChI is InChI=1S/C18H34N6OS/c1-5-7-11-19-18(20-13-17-23-22-14(3)24(17)4)21-15-9-8-10-16(12-15)26(25)6-2/h15-16H,5-13H2,1-4H3,(H2,19,20,21). The van der Waals surface area contributed by atoms with Gasteiger partial charge in [-0.2, -0.15) is 0 Å². The lowest BCUT2D eigenvalue weighted by atomic mass is 9.95. The Morgan fingerprint density at radius 2 is 2.15 bits per heavy atom. The second kappa shape index (κ2) is 10.6. The van der Waals surface area contributed by atoms with Gasteiger partial charge >= 0.3 is 0 Å². The van der Waals surface area contributed by atoms with Gasteiger partial charge in [-0.15, -0.1) is 10.2 Å². The predicted molar refractivity (Wildman–Crippen MR) is 108 cm³/mol. The molecule has 1 aliphatic carbocycles. The van der Waals surface area contributed by atoms with Gasteiger partial charge in [-0.3, -0.25) is 4.21 Å². The summed E-state index contributed by atoms with van der Waals surface area (Å²) in [5.41, 5.74) is 0. The lowest BCUT2D eigenvalue weighted by Gasteiger charge is -2.30. The van der Waals surface area contributed by atoms with Crippen LogP contribution in [0.25, 0.3) is 0 Å². The summed E-state index contributed by atoms with van der Waals surface area (Å²) in [6, 6.07) is 0.332. The topological polar surface area (TPSA) is 84.2 Å². The molecule has 1 aromatic heterocycles. The normalized spacial score (nSPS) is 22.2. The summed E-state index contributed by atoms with van der Waals surface area (Å²) in [5, 5.41) is 15.6. The van der Waals surface area contributed by atoms with Gasteiger partial charge in [0.2, 0.25) is 0 Å². The monoisotopic (exact) mass is 382 g/mol. The SMILES string of the molecule is CCCCNC(=NCc1nnc(C)n1C)NC1CCCC(S(=O)CC)C1. The molecule has 0 amide bonds. The molecule has 0 bridgehead atoms. The number of hydrogen-bond acceptors (Lipinski definition) is 4. The maximum atomic E-state index is 12.2.